The summed E-state index contributed by atoms with van der Waals surface area (Å²) in [5.41, 5.74) is -0.865. The van der Waals surface area contributed by atoms with E-state index >= 15 is 0 Å². The quantitative estimate of drug-likeness (QED) is 0.645. The normalized spacial score (nSPS) is 32.5. The Bertz CT molecular complexity index is 283. The first-order valence-corrected chi connectivity index (χ1v) is 5.15. The molecule has 0 aliphatic heterocycles. The standard InChI is InChI=1S/C9H13BF2O3/c11-9(12)3-1-8(2-4-9)6(10(14)15)5-7(8)13/h6,14-15H,1-5H2. The fourth-order valence-corrected chi connectivity index (χ4v) is 2.78. The fourth-order valence-electron chi connectivity index (χ4n) is 2.78. The Morgan fingerprint density at radius 1 is 1.20 bits per heavy atom. The van der Waals surface area contributed by atoms with Gasteiger partial charge in [-0.2, -0.15) is 0 Å². The van der Waals surface area contributed by atoms with Gasteiger partial charge < -0.3 is 10.0 Å². The molecule has 0 amide bonds. The highest BCUT2D eigenvalue weighted by Crippen LogP contribution is 2.59. The van der Waals surface area contributed by atoms with Gasteiger partial charge in [-0.15, -0.1) is 0 Å². The minimum atomic E-state index is -2.69. The third-order valence-electron chi connectivity index (χ3n) is 3.90. The number of ketones is 1. The Morgan fingerprint density at radius 3 is 2.13 bits per heavy atom. The van der Waals surface area contributed by atoms with Crippen molar-refractivity contribution in [2.24, 2.45) is 5.41 Å². The maximum absolute atomic E-state index is 12.9. The summed E-state index contributed by atoms with van der Waals surface area (Å²) in [6.07, 6.45) is -0.352. The van der Waals surface area contributed by atoms with Gasteiger partial charge in [-0.25, -0.2) is 8.78 Å². The molecule has 1 atom stereocenters. The summed E-state index contributed by atoms with van der Waals surface area (Å²) in [6.45, 7) is 0. The van der Waals surface area contributed by atoms with E-state index in [0.29, 0.717) is 0 Å². The van der Waals surface area contributed by atoms with Crippen LogP contribution in [0.5, 0.6) is 0 Å². The molecule has 2 aliphatic carbocycles. The lowest BCUT2D eigenvalue weighted by atomic mass is 9.42. The zero-order valence-corrected chi connectivity index (χ0v) is 8.25. The molecular formula is C9H13BF2O3. The van der Waals surface area contributed by atoms with Crippen LogP contribution in [0.2, 0.25) is 5.82 Å². The van der Waals surface area contributed by atoms with E-state index in [1.165, 1.54) is 0 Å². The average Bonchev–Trinajstić information content (AvgIpc) is 2.13. The highest BCUT2D eigenvalue weighted by molar-refractivity contribution is 6.46. The number of hydrogen-bond acceptors (Lipinski definition) is 3. The van der Waals surface area contributed by atoms with Crippen molar-refractivity contribution in [1.82, 2.24) is 0 Å². The molecule has 0 heterocycles. The van der Waals surface area contributed by atoms with Crippen molar-refractivity contribution in [2.75, 3.05) is 0 Å². The lowest BCUT2D eigenvalue weighted by Gasteiger charge is -2.51. The minimum absolute atomic E-state index is 0.0844. The number of hydrogen-bond donors (Lipinski definition) is 2. The summed E-state index contributed by atoms with van der Waals surface area (Å²) in [5.74, 6) is -3.32. The van der Waals surface area contributed by atoms with Crippen molar-refractivity contribution in [1.29, 1.82) is 0 Å². The van der Waals surface area contributed by atoms with Gasteiger partial charge >= 0.3 is 7.12 Å². The van der Waals surface area contributed by atoms with E-state index in [1.54, 1.807) is 0 Å². The topological polar surface area (TPSA) is 57.5 Å². The van der Waals surface area contributed by atoms with Crippen molar-refractivity contribution >= 4 is 12.9 Å². The fraction of sp³-hybridized carbons (Fsp3) is 0.889. The van der Waals surface area contributed by atoms with Gasteiger partial charge in [0, 0.05) is 30.5 Å². The second-order valence-corrected chi connectivity index (χ2v) is 4.66. The van der Waals surface area contributed by atoms with Crippen molar-refractivity contribution in [3.05, 3.63) is 0 Å². The monoisotopic (exact) mass is 218 g/mol. The maximum Gasteiger partial charge on any atom is 0.456 e. The molecule has 0 aromatic heterocycles. The molecule has 2 saturated carbocycles. The van der Waals surface area contributed by atoms with Crippen molar-refractivity contribution in [2.45, 2.75) is 43.8 Å². The smallest absolute Gasteiger partial charge is 0.427 e. The summed E-state index contributed by atoms with van der Waals surface area (Å²) in [7, 11) is -1.56. The molecule has 2 fully saturated rings. The first-order chi connectivity index (χ1) is 6.87. The molecule has 2 aliphatic rings. The first-order valence-electron chi connectivity index (χ1n) is 5.15. The summed E-state index contributed by atoms with van der Waals surface area (Å²) in [6, 6.07) is 0. The van der Waals surface area contributed by atoms with Crippen LogP contribution in [-0.4, -0.2) is 28.9 Å². The van der Waals surface area contributed by atoms with Gasteiger partial charge in [0.25, 0.3) is 0 Å². The van der Waals surface area contributed by atoms with Crippen LogP contribution in [0, 0.1) is 5.41 Å². The van der Waals surface area contributed by atoms with E-state index in [0.717, 1.165) is 0 Å². The van der Waals surface area contributed by atoms with Crippen LogP contribution in [-0.2, 0) is 4.79 Å². The lowest BCUT2D eigenvalue weighted by molar-refractivity contribution is -0.150. The van der Waals surface area contributed by atoms with Crippen LogP contribution in [0.3, 0.4) is 0 Å². The number of carbonyl (C=O) groups excluding carboxylic acids is 1. The van der Waals surface area contributed by atoms with E-state index in [4.69, 9.17) is 10.0 Å². The van der Waals surface area contributed by atoms with Crippen LogP contribution in [0.15, 0.2) is 0 Å². The summed E-state index contributed by atoms with van der Waals surface area (Å²) >= 11 is 0. The van der Waals surface area contributed by atoms with Gasteiger partial charge in [0.1, 0.15) is 5.78 Å². The second-order valence-electron chi connectivity index (χ2n) is 4.66. The van der Waals surface area contributed by atoms with Crippen molar-refractivity contribution in [3.8, 4) is 0 Å². The number of halogens is 2. The molecule has 3 nitrogen and oxygen atoms in total. The first kappa shape index (κ1) is 11.0. The Balaban J connectivity index is 2.11. The van der Waals surface area contributed by atoms with Crippen molar-refractivity contribution < 1.29 is 23.6 Å². The Hall–Kier alpha value is -0.485. The molecule has 0 bridgehead atoms. The molecule has 6 heteroatoms. The SMILES string of the molecule is O=C1CC(B(O)O)C12CCC(F)(F)CC2. The highest BCUT2D eigenvalue weighted by atomic mass is 19.3. The molecule has 1 spiro atoms. The number of carbonyl (C=O) groups is 1. The number of Topliss-reactive ketones (excluding diaryl/α,β-unsaturated/α-hetero) is 1. The van der Waals surface area contributed by atoms with Gasteiger partial charge in [0.05, 0.1) is 0 Å². The van der Waals surface area contributed by atoms with Crippen LogP contribution in [0.1, 0.15) is 32.1 Å². The zero-order valence-electron chi connectivity index (χ0n) is 8.25. The number of rotatable bonds is 1. The molecule has 0 radical (unpaired) electrons. The molecule has 0 saturated heterocycles. The zero-order chi connectivity index (χ0) is 11.3. The summed E-state index contributed by atoms with van der Waals surface area (Å²) in [4.78, 5) is 11.5. The predicted octanol–water partition coefficient (Wildman–Crippen LogP) is 0.998. The largest absolute Gasteiger partial charge is 0.456 e. The van der Waals surface area contributed by atoms with Gasteiger partial charge in [0.15, 0.2) is 0 Å². The average molecular weight is 218 g/mol. The Morgan fingerprint density at radius 2 is 1.73 bits per heavy atom. The molecular weight excluding hydrogens is 205 g/mol. The van der Waals surface area contributed by atoms with E-state index in [2.05, 4.69) is 0 Å². The van der Waals surface area contributed by atoms with Gasteiger partial charge in [0.2, 0.25) is 5.92 Å². The number of alkyl halides is 2. The predicted molar refractivity (Wildman–Crippen MR) is 49.4 cm³/mol. The molecule has 84 valence electrons. The highest BCUT2D eigenvalue weighted by Gasteiger charge is 2.61. The summed E-state index contributed by atoms with van der Waals surface area (Å²) < 4.78 is 25.9. The van der Waals surface area contributed by atoms with Gasteiger partial charge in [-0.3, -0.25) is 4.79 Å². The molecule has 15 heavy (non-hydrogen) atoms. The third-order valence-corrected chi connectivity index (χ3v) is 3.90. The van der Waals surface area contributed by atoms with E-state index < -0.39 is 24.3 Å². The summed E-state index contributed by atoms with van der Waals surface area (Å²) in [5, 5.41) is 18.1. The van der Waals surface area contributed by atoms with Gasteiger partial charge in [-0.05, 0) is 12.8 Å². The van der Waals surface area contributed by atoms with Crippen LogP contribution >= 0.6 is 0 Å². The molecule has 2 rings (SSSR count). The van der Waals surface area contributed by atoms with Crippen molar-refractivity contribution in [3.63, 3.8) is 0 Å². The van der Waals surface area contributed by atoms with Crippen LogP contribution in [0.4, 0.5) is 8.78 Å². The van der Waals surface area contributed by atoms with Crippen LogP contribution < -0.4 is 0 Å². The molecule has 1 unspecified atom stereocenters. The molecule has 0 aromatic carbocycles. The Labute approximate surface area is 86.6 Å². The van der Waals surface area contributed by atoms with E-state index in [9.17, 15) is 13.6 Å². The molecule has 2 N–H and O–H groups in total. The second kappa shape index (κ2) is 3.25. The Kier molecular flexibility index (Phi) is 2.39. The van der Waals surface area contributed by atoms with Crippen LogP contribution in [0.25, 0.3) is 0 Å². The van der Waals surface area contributed by atoms with Gasteiger partial charge in [-0.1, -0.05) is 0 Å². The lowest BCUT2D eigenvalue weighted by Crippen LogP contribution is -2.55. The third kappa shape index (κ3) is 1.60. The van der Waals surface area contributed by atoms with E-state index in [-0.39, 0.29) is 37.9 Å². The maximum atomic E-state index is 12.9. The molecule has 0 aromatic rings. The van der Waals surface area contributed by atoms with E-state index in [1.807, 2.05) is 0 Å². The minimum Gasteiger partial charge on any atom is -0.427 e.